The van der Waals surface area contributed by atoms with Crippen LogP contribution < -0.4 is 5.56 Å². The fourth-order valence-corrected chi connectivity index (χ4v) is 5.27. The Hall–Kier alpha value is -3.50. The summed E-state index contributed by atoms with van der Waals surface area (Å²) in [4.78, 5) is 22.0. The third-order valence-corrected chi connectivity index (χ3v) is 7.22. The van der Waals surface area contributed by atoms with E-state index in [1.54, 1.807) is 0 Å². The molecule has 0 fully saturated rings. The van der Waals surface area contributed by atoms with E-state index in [1.807, 2.05) is 49.1 Å². The first-order valence-corrected chi connectivity index (χ1v) is 12.8. The molecule has 4 aromatic rings. The van der Waals surface area contributed by atoms with E-state index >= 15 is 0 Å². The Morgan fingerprint density at radius 1 is 0.974 bits per heavy atom. The zero-order valence-corrected chi connectivity index (χ0v) is 22.0. The third-order valence-electron chi connectivity index (χ3n) is 6.89. The molecule has 2 aromatic heterocycles. The quantitative estimate of drug-likeness (QED) is 0.318. The molecule has 0 unspecified atom stereocenters. The van der Waals surface area contributed by atoms with E-state index in [0.29, 0.717) is 24.4 Å². The van der Waals surface area contributed by atoms with Crippen LogP contribution in [0.1, 0.15) is 40.3 Å². The number of halogens is 3. The van der Waals surface area contributed by atoms with Gasteiger partial charge in [-0.25, -0.2) is 4.98 Å². The number of H-pyrrole nitrogens is 1. The standard InChI is InChI=1S/C28H28F3N5OS/c1-34(2)16-22-14-32-25(17-36-24-5-3-4-23(24)26(37)33-27(36)38)35(22)15-18-6-8-19(9-7-18)20-10-12-21(13-11-20)28(29,30)31/h6-14H,3-5,15-17H2,1-2H3,(H,33,37,38). The normalized spacial score (nSPS) is 13.3. The van der Waals surface area contributed by atoms with Gasteiger partial charge < -0.3 is 14.0 Å². The predicted octanol–water partition coefficient (Wildman–Crippen LogP) is 5.44. The summed E-state index contributed by atoms with van der Waals surface area (Å²) in [6.07, 6.45) is 0.0320. The van der Waals surface area contributed by atoms with Gasteiger partial charge in [0.25, 0.3) is 5.56 Å². The summed E-state index contributed by atoms with van der Waals surface area (Å²) in [5.41, 5.74) is 4.70. The molecule has 0 saturated heterocycles. The van der Waals surface area contributed by atoms with Gasteiger partial charge in [0.2, 0.25) is 0 Å². The highest BCUT2D eigenvalue weighted by molar-refractivity contribution is 7.71. The summed E-state index contributed by atoms with van der Waals surface area (Å²) in [7, 11) is 4.00. The maximum atomic E-state index is 12.9. The molecule has 1 N–H and O–H groups in total. The first-order valence-electron chi connectivity index (χ1n) is 12.4. The van der Waals surface area contributed by atoms with Gasteiger partial charge in [-0.1, -0.05) is 36.4 Å². The van der Waals surface area contributed by atoms with Crippen LogP contribution >= 0.6 is 12.2 Å². The highest BCUT2D eigenvalue weighted by Gasteiger charge is 2.30. The van der Waals surface area contributed by atoms with Crippen LogP contribution in [0.4, 0.5) is 13.2 Å². The van der Waals surface area contributed by atoms with E-state index < -0.39 is 11.7 Å². The Bertz CT molecular complexity index is 1560. The maximum absolute atomic E-state index is 12.9. The van der Waals surface area contributed by atoms with Gasteiger partial charge in [-0.05, 0) is 74.4 Å². The van der Waals surface area contributed by atoms with E-state index in [4.69, 9.17) is 17.2 Å². The summed E-state index contributed by atoms with van der Waals surface area (Å²) in [6.45, 7) is 1.73. The second kappa shape index (κ2) is 10.3. The minimum Gasteiger partial charge on any atom is -0.325 e. The molecule has 2 heterocycles. The first-order chi connectivity index (χ1) is 18.1. The Balaban J connectivity index is 1.43. The van der Waals surface area contributed by atoms with E-state index in [9.17, 15) is 18.0 Å². The fraction of sp³-hybridized carbons (Fsp3) is 0.321. The lowest BCUT2D eigenvalue weighted by Gasteiger charge is -2.17. The molecule has 0 bridgehead atoms. The number of alkyl halides is 3. The van der Waals surface area contributed by atoms with Gasteiger partial charge in [0.15, 0.2) is 4.77 Å². The van der Waals surface area contributed by atoms with E-state index in [0.717, 1.165) is 70.9 Å². The lowest BCUT2D eigenvalue weighted by Crippen LogP contribution is -2.22. The number of aromatic amines is 1. The van der Waals surface area contributed by atoms with Gasteiger partial charge in [0, 0.05) is 30.5 Å². The number of imidazole rings is 1. The highest BCUT2D eigenvalue weighted by Crippen LogP contribution is 2.31. The van der Waals surface area contributed by atoms with Crippen molar-refractivity contribution in [2.24, 2.45) is 0 Å². The molecule has 38 heavy (non-hydrogen) atoms. The van der Waals surface area contributed by atoms with Gasteiger partial charge in [0.05, 0.1) is 17.8 Å². The minimum atomic E-state index is -4.35. The van der Waals surface area contributed by atoms with Crippen molar-refractivity contribution in [3.8, 4) is 11.1 Å². The average molecular weight is 540 g/mol. The Morgan fingerprint density at radius 3 is 2.26 bits per heavy atom. The number of hydrogen-bond acceptors (Lipinski definition) is 4. The van der Waals surface area contributed by atoms with Crippen LogP contribution in [-0.4, -0.2) is 38.1 Å². The van der Waals surface area contributed by atoms with Crippen LogP contribution in [0.25, 0.3) is 11.1 Å². The minimum absolute atomic E-state index is 0.0940. The van der Waals surface area contributed by atoms with Crippen LogP contribution in [0.2, 0.25) is 0 Å². The largest absolute Gasteiger partial charge is 0.416 e. The highest BCUT2D eigenvalue weighted by atomic mass is 32.1. The zero-order chi connectivity index (χ0) is 27.0. The fourth-order valence-electron chi connectivity index (χ4n) is 5.00. The van der Waals surface area contributed by atoms with Crippen molar-refractivity contribution in [2.45, 2.75) is 45.1 Å². The van der Waals surface area contributed by atoms with Crippen molar-refractivity contribution in [1.82, 2.24) is 24.0 Å². The Morgan fingerprint density at radius 2 is 1.63 bits per heavy atom. The van der Waals surface area contributed by atoms with E-state index in [2.05, 4.69) is 14.5 Å². The summed E-state index contributed by atoms with van der Waals surface area (Å²) >= 11 is 5.52. The van der Waals surface area contributed by atoms with Crippen LogP contribution in [0.5, 0.6) is 0 Å². The van der Waals surface area contributed by atoms with E-state index in [1.165, 1.54) is 12.1 Å². The van der Waals surface area contributed by atoms with Gasteiger partial charge in [-0.2, -0.15) is 13.2 Å². The molecule has 6 nitrogen and oxygen atoms in total. The Labute approximate surface area is 223 Å². The van der Waals surface area contributed by atoms with Gasteiger partial charge in [-0.15, -0.1) is 0 Å². The molecular formula is C28H28F3N5OS. The zero-order valence-electron chi connectivity index (χ0n) is 21.2. The van der Waals surface area contributed by atoms with Crippen molar-refractivity contribution in [3.63, 3.8) is 0 Å². The molecule has 0 atom stereocenters. The second-order valence-electron chi connectivity index (χ2n) is 9.89. The average Bonchev–Trinajstić information content (AvgIpc) is 3.50. The molecular weight excluding hydrogens is 511 g/mol. The number of fused-ring (bicyclic) bond motifs is 1. The third kappa shape index (κ3) is 5.37. The number of nitrogens with zero attached hydrogens (tertiary/aromatic N) is 4. The molecule has 0 spiro atoms. The smallest absolute Gasteiger partial charge is 0.325 e. The van der Waals surface area contributed by atoms with Crippen molar-refractivity contribution in [2.75, 3.05) is 14.1 Å². The van der Waals surface area contributed by atoms with Crippen molar-refractivity contribution < 1.29 is 13.2 Å². The van der Waals surface area contributed by atoms with E-state index in [-0.39, 0.29) is 5.56 Å². The topological polar surface area (TPSA) is 58.9 Å². The molecule has 198 valence electrons. The molecule has 0 amide bonds. The van der Waals surface area contributed by atoms with Crippen LogP contribution in [0.3, 0.4) is 0 Å². The van der Waals surface area contributed by atoms with Crippen molar-refractivity contribution in [3.05, 3.63) is 104 Å². The number of nitrogens with one attached hydrogen (secondary N) is 1. The molecule has 0 aliphatic heterocycles. The van der Waals surface area contributed by atoms with Crippen molar-refractivity contribution >= 4 is 12.2 Å². The first kappa shape index (κ1) is 26.1. The second-order valence-corrected chi connectivity index (χ2v) is 10.3. The van der Waals surface area contributed by atoms with Crippen LogP contribution in [-0.2, 0) is 38.7 Å². The van der Waals surface area contributed by atoms with Gasteiger partial charge in [-0.3, -0.25) is 9.78 Å². The number of rotatable bonds is 7. The number of benzene rings is 2. The lowest BCUT2D eigenvalue weighted by atomic mass is 10.0. The lowest BCUT2D eigenvalue weighted by molar-refractivity contribution is -0.137. The molecule has 1 aliphatic rings. The summed E-state index contributed by atoms with van der Waals surface area (Å²) in [5.74, 6) is 0.839. The van der Waals surface area contributed by atoms with Crippen LogP contribution in [0.15, 0.2) is 59.5 Å². The molecule has 2 aromatic carbocycles. The number of aromatic nitrogens is 4. The molecule has 0 radical (unpaired) electrons. The SMILES string of the molecule is CN(C)Cc1cnc(Cn2c3c(c(=O)[nH]c2=S)CCC3)n1Cc1ccc(-c2ccc(C(F)(F)F)cc2)cc1. The molecule has 1 aliphatic carbocycles. The Kier molecular flexibility index (Phi) is 7.11. The van der Waals surface area contributed by atoms with Crippen LogP contribution in [0, 0.1) is 4.77 Å². The summed E-state index contributed by atoms with van der Waals surface area (Å²) < 4.78 is 43.3. The molecule has 5 rings (SSSR count). The van der Waals surface area contributed by atoms with Crippen molar-refractivity contribution in [1.29, 1.82) is 0 Å². The van der Waals surface area contributed by atoms with Gasteiger partial charge >= 0.3 is 6.18 Å². The maximum Gasteiger partial charge on any atom is 0.416 e. The number of hydrogen-bond donors (Lipinski definition) is 1. The summed E-state index contributed by atoms with van der Waals surface area (Å²) in [6, 6.07) is 13.0. The predicted molar refractivity (Wildman–Crippen MR) is 143 cm³/mol. The summed E-state index contributed by atoms with van der Waals surface area (Å²) in [5, 5.41) is 0. The molecule has 0 saturated carbocycles. The monoisotopic (exact) mass is 539 g/mol. The van der Waals surface area contributed by atoms with Gasteiger partial charge in [0.1, 0.15) is 5.82 Å². The molecule has 10 heteroatoms.